The Kier molecular flexibility index (Phi) is 5.23. The molecule has 0 aliphatic carbocycles. The van der Waals surface area contributed by atoms with E-state index in [0.29, 0.717) is 10.7 Å². The van der Waals surface area contributed by atoms with Crippen molar-refractivity contribution in [2.75, 3.05) is 5.32 Å². The maximum absolute atomic E-state index is 13.1. The number of ether oxygens (including phenoxy) is 1. The van der Waals surface area contributed by atoms with E-state index in [1.807, 2.05) is 0 Å². The summed E-state index contributed by atoms with van der Waals surface area (Å²) in [6.07, 6.45) is -6.71. The van der Waals surface area contributed by atoms with Crippen molar-refractivity contribution < 1.29 is 27.8 Å². The molecule has 1 aromatic carbocycles. The number of hydrogen-bond acceptors (Lipinski definition) is 4. The number of fused-ring (bicyclic) bond motifs is 2. The number of benzene rings is 1. The van der Waals surface area contributed by atoms with E-state index < -0.39 is 47.9 Å². The Hall–Kier alpha value is -1.87. The van der Waals surface area contributed by atoms with Gasteiger partial charge in [0.1, 0.15) is 5.69 Å². The lowest BCUT2D eigenvalue weighted by molar-refractivity contribution is -0.141. The van der Waals surface area contributed by atoms with Gasteiger partial charge in [-0.2, -0.15) is 13.2 Å². The fourth-order valence-corrected chi connectivity index (χ4v) is 4.29. The molecule has 4 rings (SSSR count). The average molecular weight is 447 g/mol. The summed E-state index contributed by atoms with van der Waals surface area (Å²) in [5, 5.41) is 13.5. The number of aromatic nitrogens is 1. The second kappa shape index (κ2) is 7.43. The molecule has 10 heteroatoms. The first kappa shape index (κ1) is 20.4. The lowest BCUT2D eigenvalue weighted by atomic mass is 9.75. The van der Waals surface area contributed by atoms with Crippen LogP contribution in [0.2, 0.25) is 10.0 Å². The Morgan fingerprint density at radius 3 is 2.66 bits per heavy atom. The van der Waals surface area contributed by atoms with Gasteiger partial charge < -0.3 is 15.2 Å². The van der Waals surface area contributed by atoms with Gasteiger partial charge in [-0.05, 0) is 30.3 Å². The van der Waals surface area contributed by atoms with E-state index in [4.69, 9.17) is 27.9 Å². The molecule has 2 saturated heterocycles. The normalized spacial score (nSPS) is 28.6. The van der Waals surface area contributed by atoms with Gasteiger partial charge in [0.25, 0.3) is 0 Å². The highest BCUT2D eigenvalue weighted by molar-refractivity contribution is 6.42. The number of rotatable bonds is 3. The predicted octanol–water partition coefficient (Wildman–Crippen LogP) is 4.28. The average Bonchev–Trinajstić information content (AvgIpc) is 3.21. The molecule has 0 radical (unpaired) electrons. The summed E-state index contributed by atoms with van der Waals surface area (Å²) in [4.78, 5) is 16.7. The highest BCUT2D eigenvalue weighted by Crippen LogP contribution is 2.49. The van der Waals surface area contributed by atoms with Crippen LogP contribution in [0.3, 0.4) is 0 Å². The van der Waals surface area contributed by atoms with E-state index in [-0.39, 0.29) is 17.1 Å². The minimum atomic E-state index is -4.62. The second-order valence-corrected chi connectivity index (χ2v) is 7.87. The molecule has 1 amide bonds. The van der Waals surface area contributed by atoms with Crippen LogP contribution in [-0.2, 0) is 15.7 Å². The molecule has 5 nitrogen and oxygen atoms in total. The molecule has 154 valence electrons. The summed E-state index contributed by atoms with van der Waals surface area (Å²) in [5.74, 6) is -2.07. The number of anilines is 1. The number of carbonyl (C=O) groups is 1. The SMILES string of the molecule is O=C(Nc1ccc(Cl)c(Cl)c1)[C@H]1[C@@H](c2cccc(C(F)(F)F)n2)[C@H]2O[C@@H]1C[C@@H]2O. The smallest absolute Gasteiger partial charge is 0.390 e. The summed E-state index contributed by atoms with van der Waals surface area (Å²) >= 11 is 11.8. The Balaban J connectivity index is 1.65. The third kappa shape index (κ3) is 3.82. The number of alkyl halides is 3. The fourth-order valence-electron chi connectivity index (χ4n) is 3.99. The molecule has 5 atom stereocenters. The van der Waals surface area contributed by atoms with Crippen LogP contribution < -0.4 is 5.32 Å². The number of halogens is 5. The number of nitrogens with one attached hydrogen (secondary N) is 1. The van der Waals surface area contributed by atoms with Crippen LogP contribution >= 0.6 is 23.2 Å². The first-order valence-corrected chi connectivity index (χ1v) is 9.54. The van der Waals surface area contributed by atoms with Gasteiger partial charge in [0.2, 0.25) is 5.91 Å². The fraction of sp³-hybridized carbons (Fsp3) is 0.368. The highest BCUT2D eigenvalue weighted by atomic mass is 35.5. The largest absolute Gasteiger partial charge is 0.433 e. The molecule has 2 bridgehead atoms. The van der Waals surface area contributed by atoms with Crippen molar-refractivity contribution in [1.29, 1.82) is 0 Å². The molecule has 2 aliphatic heterocycles. The third-order valence-corrected chi connectivity index (χ3v) is 5.96. The van der Waals surface area contributed by atoms with E-state index >= 15 is 0 Å². The Bertz CT molecular complexity index is 957. The number of aliphatic hydroxyl groups excluding tert-OH is 1. The molecule has 0 spiro atoms. The lowest BCUT2D eigenvalue weighted by Crippen LogP contribution is -2.41. The molecule has 3 heterocycles. The first-order chi connectivity index (χ1) is 13.6. The van der Waals surface area contributed by atoms with E-state index in [9.17, 15) is 23.1 Å². The molecular formula is C19H15Cl2F3N2O3. The zero-order valence-electron chi connectivity index (χ0n) is 14.7. The first-order valence-electron chi connectivity index (χ1n) is 8.79. The molecule has 0 unspecified atom stereocenters. The number of amides is 1. The zero-order valence-corrected chi connectivity index (χ0v) is 16.2. The molecule has 2 N–H and O–H groups in total. The molecule has 0 saturated carbocycles. The monoisotopic (exact) mass is 446 g/mol. The van der Waals surface area contributed by atoms with Crippen LogP contribution in [0.15, 0.2) is 36.4 Å². The van der Waals surface area contributed by atoms with Gasteiger partial charge in [-0.1, -0.05) is 29.3 Å². The van der Waals surface area contributed by atoms with Crippen LogP contribution in [-0.4, -0.2) is 34.3 Å². The van der Waals surface area contributed by atoms with Gasteiger partial charge in [-0.3, -0.25) is 4.79 Å². The summed E-state index contributed by atoms with van der Waals surface area (Å²) in [7, 11) is 0. The highest BCUT2D eigenvalue weighted by Gasteiger charge is 2.57. The zero-order chi connectivity index (χ0) is 20.9. The minimum absolute atomic E-state index is 0.0559. The number of nitrogens with zero attached hydrogens (tertiary/aromatic N) is 1. The third-order valence-electron chi connectivity index (χ3n) is 5.22. The maximum atomic E-state index is 13.1. The van der Waals surface area contributed by atoms with E-state index in [1.54, 1.807) is 6.07 Å². The Morgan fingerprint density at radius 2 is 1.97 bits per heavy atom. The van der Waals surface area contributed by atoms with Crippen LogP contribution in [0.4, 0.5) is 18.9 Å². The summed E-state index contributed by atoms with van der Waals surface area (Å²) < 4.78 is 45.0. The van der Waals surface area contributed by atoms with Gasteiger partial charge in [0.05, 0.1) is 34.3 Å². The van der Waals surface area contributed by atoms with Gasteiger partial charge in [-0.15, -0.1) is 0 Å². The molecular weight excluding hydrogens is 432 g/mol. The van der Waals surface area contributed by atoms with Crippen molar-refractivity contribution in [2.24, 2.45) is 5.92 Å². The quantitative estimate of drug-likeness (QED) is 0.737. The van der Waals surface area contributed by atoms with Gasteiger partial charge >= 0.3 is 6.18 Å². The van der Waals surface area contributed by atoms with Crippen LogP contribution in [0, 0.1) is 5.92 Å². The minimum Gasteiger partial charge on any atom is -0.390 e. The second-order valence-electron chi connectivity index (χ2n) is 7.06. The van der Waals surface area contributed by atoms with E-state index in [1.165, 1.54) is 24.3 Å². The van der Waals surface area contributed by atoms with Crippen molar-refractivity contribution in [3.63, 3.8) is 0 Å². The summed E-state index contributed by atoms with van der Waals surface area (Å²) in [5.41, 5.74) is -0.611. The number of pyridine rings is 1. The standard InChI is InChI=1S/C19H15Cl2F3N2O3/c20-9-5-4-8(6-10(9)21)25-18(28)16-13-7-12(27)17(29-13)15(16)11-2-1-3-14(26-11)19(22,23)24/h1-6,12-13,15-17,27H,7H2,(H,25,28)/t12-,13+,15+,16+,17-/m0/s1. The molecule has 1 aromatic heterocycles. The molecule has 29 heavy (non-hydrogen) atoms. The molecule has 2 aromatic rings. The Labute approximate surface area is 173 Å². The van der Waals surface area contributed by atoms with Gasteiger partial charge in [-0.25, -0.2) is 4.98 Å². The topological polar surface area (TPSA) is 71.5 Å². The van der Waals surface area contributed by atoms with E-state index in [2.05, 4.69) is 10.3 Å². The van der Waals surface area contributed by atoms with E-state index in [0.717, 1.165) is 6.07 Å². The number of carbonyl (C=O) groups excluding carboxylic acids is 1. The summed E-state index contributed by atoms with van der Waals surface area (Å²) in [6.45, 7) is 0. The van der Waals surface area contributed by atoms with Crippen molar-refractivity contribution >= 4 is 34.8 Å². The maximum Gasteiger partial charge on any atom is 0.433 e. The lowest BCUT2D eigenvalue weighted by Gasteiger charge is -2.29. The summed E-state index contributed by atoms with van der Waals surface area (Å²) in [6, 6.07) is 8.06. The van der Waals surface area contributed by atoms with Crippen molar-refractivity contribution in [3.05, 3.63) is 57.8 Å². The van der Waals surface area contributed by atoms with Crippen LogP contribution in [0.5, 0.6) is 0 Å². The predicted molar refractivity (Wildman–Crippen MR) is 99.8 cm³/mol. The van der Waals surface area contributed by atoms with Crippen LogP contribution in [0.25, 0.3) is 0 Å². The van der Waals surface area contributed by atoms with Crippen molar-refractivity contribution in [2.45, 2.75) is 36.8 Å². The van der Waals surface area contributed by atoms with Gasteiger partial charge in [0, 0.05) is 23.7 Å². The van der Waals surface area contributed by atoms with Crippen molar-refractivity contribution in [1.82, 2.24) is 4.98 Å². The molecule has 2 aliphatic rings. The number of hydrogen-bond donors (Lipinski definition) is 2. The van der Waals surface area contributed by atoms with Gasteiger partial charge in [0.15, 0.2) is 0 Å². The van der Waals surface area contributed by atoms with Crippen LogP contribution in [0.1, 0.15) is 23.7 Å². The molecule has 2 fully saturated rings. The van der Waals surface area contributed by atoms with Crippen molar-refractivity contribution in [3.8, 4) is 0 Å². The Morgan fingerprint density at radius 1 is 1.21 bits per heavy atom. The number of aliphatic hydroxyl groups is 1.